The molecule has 166 valence electrons. The van der Waals surface area contributed by atoms with Crippen molar-refractivity contribution in [2.45, 2.75) is 59.5 Å². The molecule has 3 aromatic heterocycles. The zero-order valence-electron chi connectivity index (χ0n) is 18.9. The maximum absolute atomic E-state index is 13.1. The number of aromatic nitrogens is 7. The van der Waals surface area contributed by atoms with Gasteiger partial charge < -0.3 is 0 Å². The minimum atomic E-state index is 0.0874. The summed E-state index contributed by atoms with van der Waals surface area (Å²) in [5, 5.41) is 14.2. The number of rotatable bonds is 9. The maximum Gasteiger partial charge on any atom is 0.328 e. The summed E-state index contributed by atoms with van der Waals surface area (Å²) in [6.45, 7) is 7.68. The Labute approximate surface area is 187 Å². The van der Waals surface area contributed by atoms with Gasteiger partial charge in [-0.15, -0.1) is 5.10 Å². The standard InChI is InChI=1S/C24H29N7O/c1-4-6-9-21-17(3)30(15-5-2)24(32)31(21)16-18-10-12-19(13-11-18)22-20(8-7-14-25-22)23-26-28-29-27-23/h7-8,10-14H,4-6,9,15-16H2,1-3H3,(H,26,27,28,29). The molecule has 8 nitrogen and oxygen atoms in total. The van der Waals surface area contributed by atoms with Crippen molar-refractivity contribution in [1.29, 1.82) is 0 Å². The van der Waals surface area contributed by atoms with Gasteiger partial charge in [0.2, 0.25) is 0 Å². The molecule has 0 unspecified atom stereocenters. The van der Waals surface area contributed by atoms with Crippen LogP contribution >= 0.6 is 0 Å². The average Bonchev–Trinajstić information content (AvgIpc) is 3.43. The minimum absolute atomic E-state index is 0.0874. The molecule has 0 radical (unpaired) electrons. The molecule has 0 saturated heterocycles. The highest BCUT2D eigenvalue weighted by Gasteiger charge is 2.17. The van der Waals surface area contributed by atoms with Crippen LogP contribution in [0.1, 0.15) is 50.1 Å². The number of nitrogens with one attached hydrogen (secondary N) is 1. The van der Waals surface area contributed by atoms with E-state index in [1.54, 1.807) is 6.20 Å². The molecule has 8 heteroatoms. The van der Waals surface area contributed by atoms with Crippen LogP contribution in [0.4, 0.5) is 0 Å². The van der Waals surface area contributed by atoms with Crippen LogP contribution in [0.15, 0.2) is 47.4 Å². The van der Waals surface area contributed by atoms with Crippen LogP contribution in [0.2, 0.25) is 0 Å². The molecule has 0 bridgehead atoms. The van der Waals surface area contributed by atoms with Crippen molar-refractivity contribution in [1.82, 2.24) is 34.7 Å². The number of imidazole rings is 1. The van der Waals surface area contributed by atoms with Crippen LogP contribution in [0.3, 0.4) is 0 Å². The molecule has 4 aromatic rings. The van der Waals surface area contributed by atoms with E-state index in [0.29, 0.717) is 12.4 Å². The van der Waals surface area contributed by atoms with Gasteiger partial charge in [-0.1, -0.05) is 44.5 Å². The van der Waals surface area contributed by atoms with Crippen molar-refractivity contribution < 1.29 is 0 Å². The number of hydrogen-bond donors (Lipinski definition) is 1. The van der Waals surface area contributed by atoms with E-state index in [-0.39, 0.29) is 5.69 Å². The molecular formula is C24H29N7O. The Hall–Kier alpha value is -3.55. The van der Waals surface area contributed by atoms with Crippen molar-refractivity contribution in [3.8, 4) is 22.6 Å². The number of aromatic amines is 1. The van der Waals surface area contributed by atoms with Gasteiger partial charge in [0.25, 0.3) is 0 Å². The van der Waals surface area contributed by atoms with Crippen molar-refractivity contribution in [3.63, 3.8) is 0 Å². The molecule has 0 fully saturated rings. The second-order valence-corrected chi connectivity index (χ2v) is 8.00. The van der Waals surface area contributed by atoms with Crippen LogP contribution in [-0.4, -0.2) is 34.7 Å². The predicted molar refractivity (Wildman–Crippen MR) is 124 cm³/mol. The number of unbranched alkanes of at least 4 members (excludes halogenated alkanes) is 1. The van der Waals surface area contributed by atoms with Crippen molar-refractivity contribution in [2.24, 2.45) is 0 Å². The third-order valence-corrected chi connectivity index (χ3v) is 5.80. The van der Waals surface area contributed by atoms with Crippen molar-refractivity contribution in [3.05, 3.63) is 70.0 Å². The molecule has 3 heterocycles. The van der Waals surface area contributed by atoms with Gasteiger partial charge in [0.1, 0.15) is 0 Å². The molecule has 0 aliphatic carbocycles. The molecule has 0 amide bonds. The zero-order chi connectivity index (χ0) is 22.5. The highest BCUT2D eigenvalue weighted by atomic mass is 16.1. The van der Waals surface area contributed by atoms with Crippen LogP contribution in [-0.2, 0) is 19.5 Å². The number of tetrazole rings is 1. The van der Waals surface area contributed by atoms with E-state index >= 15 is 0 Å². The summed E-state index contributed by atoms with van der Waals surface area (Å²) in [5.74, 6) is 0.581. The monoisotopic (exact) mass is 431 g/mol. The summed E-state index contributed by atoms with van der Waals surface area (Å²) in [5.41, 5.74) is 6.04. The molecule has 0 spiro atoms. The number of pyridine rings is 1. The summed E-state index contributed by atoms with van der Waals surface area (Å²) in [6, 6.07) is 12.0. The Balaban J connectivity index is 1.65. The molecule has 0 aliphatic rings. The van der Waals surface area contributed by atoms with Crippen LogP contribution in [0, 0.1) is 6.92 Å². The molecule has 32 heavy (non-hydrogen) atoms. The highest BCUT2D eigenvalue weighted by molar-refractivity contribution is 5.76. The first kappa shape index (κ1) is 21.7. The molecule has 0 atom stereocenters. The lowest BCUT2D eigenvalue weighted by molar-refractivity contribution is 0.611. The normalized spacial score (nSPS) is 11.2. The lowest BCUT2D eigenvalue weighted by Crippen LogP contribution is -2.26. The fraction of sp³-hybridized carbons (Fsp3) is 0.375. The van der Waals surface area contributed by atoms with Crippen LogP contribution < -0.4 is 5.69 Å². The van der Waals surface area contributed by atoms with Gasteiger partial charge in [0, 0.05) is 35.3 Å². The number of hydrogen-bond acceptors (Lipinski definition) is 5. The minimum Gasteiger partial charge on any atom is -0.296 e. The summed E-state index contributed by atoms with van der Waals surface area (Å²) < 4.78 is 3.87. The van der Waals surface area contributed by atoms with Crippen LogP contribution in [0.5, 0.6) is 0 Å². The molecular weight excluding hydrogens is 402 g/mol. The van der Waals surface area contributed by atoms with E-state index in [4.69, 9.17) is 0 Å². The first-order valence-corrected chi connectivity index (χ1v) is 11.2. The van der Waals surface area contributed by atoms with E-state index in [0.717, 1.165) is 66.0 Å². The van der Waals surface area contributed by atoms with E-state index in [1.165, 1.54) is 0 Å². The van der Waals surface area contributed by atoms with Gasteiger partial charge in [0.15, 0.2) is 5.82 Å². The second kappa shape index (κ2) is 9.72. The smallest absolute Gasteiger partial charge is 0.296 e. The first-order chi connectivity index (χ1) is 15.6. The van der Waals surface area contributed by atoms with E-state index < -0.39 is 0 Å². The predicted octanol–water partition coefficient (Wildman–Crippen LogP) is 4.00. The van der Waals surface area contributed by atoms with Crippen molar-refractivity contribution >= 4 is 0 Å². The number of benzene rings is 1. The van der Waals surface area contributed by atoms with Gasteiger partial charge in [-0.05, 0) is 54.3 Å². The van der Waals surface area contributed by atoms with E-state index in [9.17, 15) is 4.79 Å². The third kappa shape index (κ3) is 4.26. The number of H-pyrrole nitrogens is 1. The van der Waals surface area contributed by atoms with Gasteiger partial charge in [-0.25, -0.2) is 9.89 Å². The van der Waals surface area contributed by atoms with Crippen LogP contribution in [0.25, 0.3) is 22.6 Å². The fourth-order valence-corrected chi connectivity index (χ4v) is 4.12. The molecule has 0 aliphatic heterocycles. The van der Waals surface area contributed by atoms with Crippen molar-refractivity contribution in [2.75, 3.05) is 0 Å². The molecule has 4 rings (SSSR count). The quantitative estimate of drug-likeness (QED) is 0.432. The summed E-state index contributed by atoms with van der Waals surface area (Å²) in [6.07, 6.45) is 5.81. The molecule has 0 saturated carbocycles. The third-order valence-electron chi connectivity index (χ3n) is 5.80. The Bertz CT molecular complexity index is 1220. The van der Waals surface area contributed by atoms with E-state index in [2.05, 4.69) is 58.5 Å². The Kier molecular flexibility index (Phi) is 6.58. The highest BCUT2D eigenvalue weighted by Crippen LogP contribution is 2.27. The molecule has 1 aromatic carbocycles. The molecule has 1 N–H and O–H groups in total. The van der Waals surface area contributed by atoms with E-state index in [1.807, 2.05) is 33.4 Å². The first-order valence-electron chi connectivity index (χ1n) is 11.2. The largest absolute Gasteiger partial charge is 0.328 e. The topological polar surface area (TPSA) is 94.3 Å². The fourth-order valence-electron chi connectivity index (χ4n) is 4.12. The van der Waals surface area contributed by atoms with Gasteiger partial charge in [0.05, 0.1) is 12.2 Å². The van der Waals surface area contributed by atoms with Gasteiger partial charge >= 0.3 is 5.69 Å². The zero-order valence-corrected chi connectivity index (χ0v) is 18.9. The SMILES string of the molecule is CCCCc1c(C)n(CCC)c(=O)n1Cc1ccc(-c2ncccc2-c2nnn[nH]2)cc1. The average molecular weight is 432 g/mol. The lowest BCUT2D eigenvalue weighted by atomic mass is 10.0. The summed E-state index contributed by atoms with van der Waals surface area (Å²) >= 11 is 0. The lowest BCUT2D eigenvalue weighted by Gasteiger charge is -2.10. The summed E-state index contributed by atoms with van der Waals surface area (Å²) in [4.78, 5) is 17.7. The summed E-state index contributed by atoms with van der Waals surface area (Å²) in [7, 11) is 0. The Morgan fingerprint density at radius 3 is 2.53 bits per heavy atom. The Morgan fingerprint density at radius 2 is 1.84 bits per heavy atom. The number of nitrogens with zero attached hydrogens (tertiary/aromatic N) is 6. The Morgan fingerprint density at radius 1 is 1.03 bits per heavy atom. The maximum atomic E-state index is 13.1. The van der Waals surface area contributed by atoms with Gasteiger partial charge in [-0.3, -0.25) is 14.1 Å². The van der Waals surface area contributed by atoms with Gasteiger partial charge in [-0.2, -0.15) is 0 Å². The second-order valence-electron chi connectivity index (χ2n) is 8.00.